The van der Waals surface area contributed by atoms with Gasteiger partial charge in [0.2, 0.25) is 0 Å². The number of ether oxygens (including phenoxy) is 1. The lowest BCUT2D eigenvalue weighted by molar-refractivity contribution is -0.123. The summed E-state index contributed by atoms with van der Waals surface area (Å²) in [7, 11) is -1.42. The maximum Gasteiger partial charge on any atom is 0.340 e. The predicted molar refractivity (Wildman–Crippen MR) is 88.6 cm³/mol. The maximum absolute atomic E-state index is 13.5. The minimum atomic E-state index is -1.42. The maximum atomic E-state index is 13.5. The van der Waals surface area contributed by atoms with E-state index in [0.717, 1.165) is 18.2 Å². The van der Waals surface area contributed by atoms with Gasteiger partial charge in [-0.1, -0.05) is 18.2 Å². The minimum absolute atomic E-state index is 0.0556. The molecule has 8 heteroatoms. The van der Waals surface area contributed by atoms with Crippen molar-refractivity contribution in [2.24, 2.45) is 0 Å². The van der Waals surface area contributed by atoms with Crippen molar-refractivity contribution in [3.05, 3.63) is 59.7 Å². The van der Waals surface area contributed by atoms with Crippen molar-refractivity contribution in [2.75, 3.05) is 11.6 Å². The zero-order valence-electron chi connectivity index (χ0n) is 13.4. The van der Waals surface area contributed by atoms with Gasteiger partial charge in [-0.2, -0.15) is 0 Å². The number of anilines is 1. The molecule has 1 amide bonds. The van der Waals surface area contributed by atoms with Crippen molar-refractivity contribution >= 4 is 28.4 Å². The lowest BCUT2D eigenvalue weighted by Crippen LogP contribution is -2.31. The number of benzene rings is 2. The summed E-state index contributed by atoms with van der Waals surface area (Å²) in [5.74, 6) is -3.65. The van der Waals surface area contributed by atoms with Crippen LogP contribution in [0.25, 0.3) is 0 Å². The molecule has 0 aliphatic carbocycles. The molecule has 0 unspecified atom stereocenters. The first kappa shape index (κ1) is 18.7. The number of amides is 1. The lowest BCUT2D eigenvalue weighted by Gasteiger charge is -2.15. The molecule has 0 fully saturated rings. The molecule has 0 saturated heterocycles. The molecule has 0 heterocycles. The van der Waals surface area contributed by atoms with Crippen LogP contribution in [0.5, 0.6) is 0 Å². The Morgan fingerprint density at radius 2 is 1.68 bits per heavy atom. The molecule has 0 aliphatic heterocycles. The second kappa shape index (κ2) is 7.98. The summed E-state index contributed by atoms with van der Waals surface area (Å²) in [6.07, 6.45) is 0.0910. The first-order valence-corrected chi connectivity index (χ1v) is 8.75. The summed E-state index contributed by atoms with van der Waals surface area (Å²) < 4.78 is 43.8. The highest BCUT2D eigenvalue weighted by atomic mass is 32.2. The lowest BCUT2D eigenvalue weighted by atomic mass is 10.2. The van der Waals surface area contributed by atoms with Crippen LogP contribution >= 0.6 is 0 Å². The van der Waals surface area contributed by atoms with Gasteiger partial charge in [0.05, 0.1) is 21.3 Å². The van der Waals surface area contributed by atoms with E-state index in [1.54, 1.807) is 12.1 Å². The molecule has 132 valence electrons. The van der Waals surface area contributed by atoms with Gasteiger partial charge < -0.3 is 10.1 Å². The molecule has 0 aromatic heterocycles. The molecule has 0 aliphatic rings. The second-order valence-corrected chi connectivity index (χ2v) is 6.43. The Bertz CT molecular complexity index is 821. The molecule has 25 heavy (non-hydrogen) atoms. The van der Waals surface area contributed by atoms with Gasteiger partial charge in [0.15, 0.2) is 6.10 Å². The van der Waals surface area contributed by atoms with Crippen molar-refractivity contribution in [3.63, 3.8) is 0 Å². The molecule has 0 saturated carbocycles. The molecule has 2 aromatic rings. The van der Waals surface area contributed by atoms with Gasteiger partial charge in [-0.25, -0.2) is 13.6 Å². The van der Waals surface area contributed by atoms with E-state index in [4.69, 9.17) is 4.74 Å². The molecular formula is C17H15F2NO4S. The Labute approximate surface area is 145 Å². The number of nitrogens with one attached hydrogen (secondary N) is 1. The fourth-order valence-electron chi connectivity index (χ4n) is 2.01. The van der Waals surface area contributed by atoms with Crippen LogP contribution < -0.4 is 5.32 Å². The third kappa shape index (κ3) is 4.48. The van der Waals surface area contributed by atoms with E-state index in [0.29, 0.717) is 0 Å². The van der Waals surface area contributed by atoms with E-state index in [1.807, 2.05) is 5.32 Å². The Morgan fingerprint density at radius 1 is 1.08 bits per heavy atom. The van der Waals surface area contributed by atoms with Crippen LogP contribution in [0.2, 0.25) is 0 Å². The van der Waals surface area contributed by atoms with Crippen LogP contribution in [-0.2, 0) is 20.3 Å². The van der Waals surface area contributed by atoms with E-state index in [9.17, 15) is 22.6 Å². The molecule has 0 spiro atoms. The molecule has 1 N–H and O–H groups in total. The minimum Gasteiger partial charge on any atom is -0.449 e. The molecule has 2 rings (SSSR count). The number of hydrogen-bond acceptors (Lipinski definition) is 4. The van der Waals surface area contributed by atoms with E-state index in [2.05, 4.69) is 0 Å². The SMILES string of the molecule is C[C@H](OC(=O)c1ccccc1[S@@](C)=O)C(=O)Nc1c(F)cccc1F. The highest BCUT2D eigenvalue weighted by Gasteiger charge is 2.23. The van der Waals surface area contributed by atoms with E-state index in [1.165, 1.54) is 25.3 Å². The molecule has 0 bridgehead atoms. The van der Waals surface area contributed by atoms with Gasteiger partial charge in [-0.05, 0) is 31.2 Å². The fourth-order valence-corrected chi connectivity index (χ4v) is 2.74. The van der Waals surface area contributed by atoms with Crippen molar-refractivity contribution in [1.29, 1.82) is 0 Å². The third-order valence-corrected chi connectivity index (χ3v) is 4.26. The molecule has 5 nitrogen and oxygen atoms in total. The van der Waals surface area contributed by atoms with Crippen molar-refractivity contribution in [1.82, 2.24) is 0 Å². The van der Waals surface area contributed by atoms with Crippen LogP contribution in [0.4, 0.5) is 14.5 Å². The molecule has 2 atom stereocenters. The zero-order valence-corrected chi connectivity index (χ0v) is 14.2. The molecule has 0 radical (unpaired) electrons. The van der Waals surface area contributed by atoms with Crippen LogP contribution in [0.15, 0.2) is 47.4 Å². The largest absolute Gasteiger partial charge is 0.449 e. The number of carbonyl (C=O) groups excluding carboxylic acids is 2. The summed E-state index contributed by atoms with van der Waals surface area (Å²) in [5, 5.41) is 2.05. The fraction of sp³-hybridized carbons (Fsp3) is 0.176. The Balaban J connectivity index is 2.11. The van der Waals surface area contributed by atoms with Crippen molar-refractivity contribution in [3.8, 4) is 0 Å². The van der Waals surface area contributed by atoms with Gasteiger partial charge in [0.1, 0.15) is 17.3 Å². The number of esters is 1. The Hall–Kier alpha value is -2.61. The second-order valence-electron chi connectivity index (χ2n) is 5.08. The van der Waals surface area contributed by atoms with Crippen molar-refractivity contribution < 1.29 is 27.3 Å². The number of carbonyl (C=O) groups is 2. The number of rotatable bonds is 5. The van der Waals surface area contributed by atoms with Crippen LogP contribution in [0.3, 0.4) is 0 Å². The van der Waals surface area contributed by atoms with Crippen molar-refractivity contribution in [2.45, 2.75) is 17.9 Å². The number of para-hydroxylation sites is 1. The van der Waals surface area contributed by atoms with E-state index < -0.39 is 46.1 Å². The Kier molecular flexibility index (Phi) is 5.97. The highest BCUT2D eigenvalue weighted by Crippen LogP contribution is 2.19. The van der Waals surface area contributed by atoms with E-state index in [-0.39, 0.29) is 10.5 Å². The summed E-state index contributed by atoms with van der Waals surface area (Å²) in [5.41, 5.74) is -0.564. The average molecular weight is 367 g/mol. The first-order chi connectivity index (χ1) is 11.8. The van der Waals surface area contributed by atoms with Gasteiger partial charge >= 0.3 is 5.97 Å². The Morgan fingerprint density at radius 3 is 2.28 bits per heavy atom. The monoisotopic (exact) mass is 367 g/mol. The van der Waals surface area contributed by atoms with Crippen LogP contribution in [-0.4, -0.2) is 28.4 Å². The zero-order chi connectivity index (χ0) is 18.6. The average Bonchev–Trinajstić information content (AvgIpc) is 2.57. The van der Waals surface area contributed by atoms with Gasteiger partial charge in [0.25, 0.3) is 5.91 Å². The van der Waals surface area contributed by atoms with Gasteiger partial charge in [-0.15, -0.1) is 0 Å². The van der Waals surface area contributed by atoms with Crippen LogP contribution in [0.1, 0.15) is 17.3 Å². The normalized spacial score (nSPS) is 13.0. The number of halogens is 2. The number of hydrogen-bond donors (Lipinski definition) is 1. The third-order valence-electron chi connectivity index (χ3n) is 3.28. The standard InChI is InChI=1S/C17H15F2NO4S/c1-10(16(21)20-15-12(18)7-5-8-13(15)19)24-17(22)11-6-3-4-9-14(11)25(2)23/h3-10H,1-2H3,(H,20,21)/t10-,25+/m0/s1. The highest BCUT2D eigenvalue weighted by molar-refractivity contribution is 7.84. The summed E-state index contributed by atoms with van der Waals surface area (Å²) in [6, 6.07) is 9.24. The topological polar surface area (TPSA) is 72.5 Å². The predicted octanol–water partition coefficient (Wildman–Crippen LogP) is 2.89. The molecular weight excluding hydrogens is 352 g/mol. The molecule has 2 aromatic carbocycles. The van der Waals surface area contributed by atoms with Gasteiger partial charge in [0, 0.05) is 6.26 Å². The van der Waals surface area contributed by atoms with E-state index >= 15 is 0 Å². The summed E-state index contributed by atoms with van der Waals surface area (Å²) in [4.78, 5) is 24.5. The smallest absolute Gasteiger partial charge is 0.340 e. The quantitative estimate of drug-likeness (QED) is 0.825. The summed E-state index contributed by atoms with van der Waals surface area (Å²) >= 11 is 0. The summed E-state index contributed by atoms with van der Waals surface area (Å²) in [6.45, 7) is 1.26. The van der Waals surface area contributed by atoms with Gasteiger partial charge in [-0.3, -0.25) is 9.00 Å². The van der Waals surface area contributed by atoms with Crippen LogP contribution in [0, 0.1) is 11.6 Å². The first-order valence-electron chi connectivity index (χ1n) is 7.19.